The predicted octanol–water partition coefficient (Wildman–Crippen LogP) is 2.85. The first-order valence-electron chi connectivity index (χ1n) is 4.39. The van der Waals surface area contributed by atoms with Crippen molar-refractivity contribution in [1.29, 1.82) is 0 Å². The van der Waals surface area contributed by atoms with Crippen LogP contribution in [-0.4, -0.2) is 6.04 Å². The molecule has 1 saturated carbocycles. The molecule has 70 valence electrons. The molecule has 1 fully saturated rings. The van der Waals surface area contributed by atoms with Gasteiger partial charge in [-0.05, 0) is 31.4 Å². The van der Waals surface area contributed by atoms with Gasteiger partial charge in [0.25, 0.3) is 0 Å². The predicted molar refractivity (Wildman–Crippen MR) is 47.7 cm³/mol. The van der Waals surface area contributed by atoms with Gasteiger partial charge in [-0.2, -0.15) is 0 Å². The number of aryl methyl sites for hydroxylation is 1. The number of benzene rings is 1. The summed E-state index contributed by atoms with van der Waals surface area (Å²) >= 11 is 0. The summed E-state index contributed by atoms with van der Waals surface area (Å²) in [4.78, 5) is 0. The first-order chi connectivity index (χ1) is 6.18. The van der Waals surface area contributed by atoms with Gasteiger partial charge in [0, 0.05) is 6.04 Å². The third-order valence-electron chi connectivity index (χ3n) is 2.21. The maximum Gasteiger partial charge on any atom is 0.152 e. The van der Waals surface area contributed by atoms with Crippen LogP contribution in [0.4, 0.5) is 14.5 Å². The summed E-state index contributed by atoms with van der Waals surface area (Å²) < 4.78 is 26.5. The Bertz CT molecular complexity index is 332. The molecule has 1 N–H and O–H groups in total. The van der Waals surface area contributed by atoms with Gasteiger partial charge in [-0.25, -0.2) is 8.78 Å². The zero-order valence-corrected chi connectivity index (χ0v) is 7.40. The Kier molecular flexibility index (Phi) is 1.94. The van der Waals surface area contributed by atoms with Gasteiger partial charge < -0.3 is 5.32 Å². The van der Waals surface area contributed by atoms with Crippen LogP contribution in [-0.2, 0) is 0 Å². The molecular weight excluding hydrogens is 172 g/mol. The van der Waals surface area contributed by atoms with Crippen molar-refractivity contribution in [3.05, 3.63) is 29.3 Å². The highest BCUT2D eigenvalue weighted by molar-refractivity contribution is 5.50. The Morgan fingerprint density at radius 2 is 2.00 bits per heavy atom. The number of hydrogen-bond donors (Lipinski definition) is 1. The number of nitrogens with one attached hydrogen (secondary N) is 1. The smallest absolute Gasteiger partial charge is 0.152 e. The molecule has 0 bridgehead atoms. The summed E-state index contributed by atoms with van der Waals surface area (Å²) in [5.74, 6) is -0.970. The zero-order valence-electron chi connectivity index (χ0n) is 7.40. The fraction of sp³-hybridized carbons (Fsp3) is 0.400. The molecule has 1 nitrogen and oxygen atoms in total. The van der Waals surface area contributed by atoms with Crippen LogP contribution >= 0.6 is 0 Å². The molecule has 0 unspecified atom stereocenters. The van der Waals surface area contributed by atoms with E-state index in [2.05, 4.69) is 5.32 Å². The molecule has 3 heteroatoms. The fourth-order valence-electron chi connectivity index (χ4n) is 1.22. The average molecular weight is 183 g/mol. The minimum Gasteiger partial charge on any atom is -0.378 e. The lowest BCUT2D eigenvalue weighted by Crippen LogP contribution is -2.06. The molecule has 1 aliphatic carbocycles. The molecule has 0 heterocycles. The third-order valence-corrected chi connectivity index (χ3v) is 2.21. The fourth-order valence-corrected chi connectivity index (χ4v) is 1.22. The Balaban J connectivity index is 2.34. The van der Waals surface area contributed by atoms with Crippen LogP contribution in [0.25, 0.3) is 0 Å². The molecule has 13 heavy (non-hydrogen) atoms. The summed E-state index contributed by atoms with van der Waals surface area (Å²) in [6.07, 6.45) is 2.01. The van der Waals surface area contributed by atoms with Crippen LogP contribution < -0.4 is 5.32 Å². The molecule has 0 aromatic heterocycles. The van der Waals surface area contributed by atoms with Crippen LogP contribution in [0.15, 0.2) is 12.1 Å². The highest BCUT2D eigenvalue weighted by atomic mass is 19.1. The minimum absolute atomic E-state index is 0.0301. The molecule has 2 rings (SSSR count). The largest absolute Gasteiger partial charge is 0.378 e. The van der Waals surface area contributed by atoms with Crippen LogP contribution in [0.2, 0.25) is 0 Å². The summed E-state index contributed by atoms with van der Waals surface area (Å²) in [5, 5.41) is 2.84. The van der Waals surface area contributed by atoms with E-state index in [1.807, 2.05) is 0 Å². The second-order valence-corrected chi connectivity index (χ2v) is 3.47. The maximum absolute atomic E-state index is 13.3. The highest BCUT2D eigenvalue weighted by Crippen LogP contribution is 2.29. The van der Waals surface area contributed by atoms with E-state index >= 15 is 0 Å². The van der Waals surface area contributed by atoms with Crippen molar-refractivity contribution in [3.8, 4) is 0 Å². The summed E-state index contributed by atoms with van der Waals surface area (Å²) in [7, 11) is 0. The van der Waals surface area contributed by atoms with Gasteiger partial charge in [-0.15, -0.1) is 0 Å². The Morgan fingerprint density at radius 1 is 1.31 bits per heavy atom. The van der Waals surface area contributed by atoms with Gasteiger partial charge in [0.05, 0.1) is 0 Å². The molecule has 0 saturated heterocycles. The number of rotatable bonds is 2. The van der Waals surface area contributed by atoms with Crippen molar-refractivity contribution in [2.45, 2.75) is 25.8 Å². The van der Waals surface area contributed by atoms with E-state index < -0.39 is 11.6 Å². The molecule has 0 spiro atoms. The van der Waals surface area contributed by atoms with Crippen LogP contribution in [0.1, 0.15) is 18.4 Å². The average Bonchev–Trinajstić information content (AvgIpc) is 2.89. The SMILES string of the molecule is Cc1ccc(F)c(NC2CC2)c1F. The van der Waals surface area contributed by atoms with Gasteiger partial charge in [-0.1, -0.05) is 6.07 Å². The van der Waals surface area contributed by atoms with Gasteiger partial charge >= 0.3 is 0 Å². The highest BCUT2D eigenvalue weighted by Gasteiger charge is 2.24. The Hall–Kier alpha value is -1.12. The van der Waals surface area contributed by atoms with Gasteiger partial charge in [0.2, 0.25) is 0 Å². The van der Waals surface area contributed by atoms with Gasteiger partial charge in [-0.3, -0.25) is 0 Å². The molecular formula is C10H11F2N. The van der Waals surface area contributed by atoms with Crippen molar-refractivity contribution in [1.82, 2.24) is 0 Å². The maximum atomic E-state index is 13.3. The van der Waals surface area contributed by atoms with E-state index in [1.54, 1.807) is 6.92 Å². The standard InChI is InChI=1S/C10H11F2N/c1-6-2-5-8(11)10(9(6)12)13-7-3-4-7/h2,5,7,13H,3-4H2,1H3. The topological polar surface area (TPSA) is 12.0 Å². The first kappa shape index (κ1) is 8.48. The molecule has 0 atom stereocenters. The monoisotopic (exact) mass is 183 g/mol. The molecule has 0 amide bonds. The Labute approximate surface area is 75.8 Å². The van der Waals surface area contributed by atoms with Crippen LogP contribution in [0.5, 0.6) is 0 Å². The third kappa shape index (κ3) is 1.64. The second-order valence-electron chi connectivity index (χ2n) is 3.47. The number of hydrogen-bond acceptors (Lipinski definition) is 1. The number of halogens is 2. The zero-order chi connectivity index (χ0) is 9.42. The van der Waals surface area contributed by atoms with Crippen molar-refractivity contribution >= 4 is 5.69 Å². The molecule has 0 radical (unpaired) electrons. The van der Waals surface area contributed by atoms with E-state index in [0.29, 0.717) is 5.56 Å². The lowest BCUT2D eigenvalue weighted by molar-refractivity contribution is 0.582. The molecule has 1 aromatic rings. The number of anilines is 1. The molecule has 1 aliphatic rings. The van der Waals surface area contributed by atoms with Crippen molar-refractivity contribution < 1.29 is 8.78 Å². The normalized spacial score (nSPS) is 15.9. The van der Waals surface area contributed by atoms with Crippen LogP contribution in [0, 0.1) is 18.6 Å². The van der Waals surface area contributed by atoms with Gasteiger partial charge in [0.1, 0.15) is 11.5 Å². The second kappa shape index (κ2) is 2.98. The van der Waals surface area contributed by atoms with E-state index in [1.165, 1.54) is 12.1 Å². The lowest BCUT2D eigenvalue weighted by Gasteiger charge is -2.08. The van der Waals surface area contributed by atoms with E-state index in [9.17, 15) is 8.78 Å². The van der Waals surface area contributed by atoms with Crippen LogP contribution in [0.3, 0.4) is 0 Å². The summed E-state index contributed by atoms with van der Waals surface area (Å²) in [6.45, 7) is 1.63. The van der Waals surface area contributed by atoms with Crippen molar-refractivity contribution in [2.75, 3.05) is 5.32 Å². The van der Waals surface area contributed by atoms with E-state index in [4.69, 9.17) is 0 Å². The molecule has 1 aromatic carbocycles. The van der Waals surface area contributed by atoms with E-state index in [0.717, 1.165) is 12.8 Å². The molecule has 0 aliphatic heterocycles. The van der Waals surface area contributed by atoms with Crippen molar-refractivity contribution in [2.24, 2.45) is 0 Å². The minimum atomic E-state index is -0.505. The lowest BCUT2D eigenvalue weighted by atomic mass is 10.2. The first-order valence-corrected chi connectivity index (χ1v) is 4.39. The summed E-state index contributed by atoms with van der Waals surface area (Å²) in [5.41, 5.74) is 0.507. The quantitative estimate of drug-likeness (QED) is 0.743. The van der Waals surface area contributed by atoms with Gasteiger partial charge in [0.15, 0.2) is 5.82 Å². The Morgan fingerprint density at radius 3 is 2.62 bits per heavy atom. The van der Waals surface area contributed by atoms with E-state index in [-0.39, 0.29) is 11.7 Å². The summed E-state index contributed by atoms with van der Waals surface area (Å²) in [6, 6.07) is 3.01. The van der Waals surface area contributed by atoms with Crippen molar-refractivity contribution in [3.63, 3.8) is 0 Å².